The summed E-state index contributed by atoms with van der Waals surface area (Å²) in [5, 5.41) is 9.59. The maximum Gasteiger partial charge on any atom is 0.411 e. The summed E-state index contributed by atoms with van der Waals surface area (Å²) in [7, 11) is 0. The SMILES string of the molecule is C[C@H](N1CC[C@](CCO)(c2ccccc2)OC1=O)C1(F)C=CC(c2ccccc2)=CC1. The first kappa shape index (κ1) is 21.3. The number of benzene rings is 2. The highest BCUT2D eigenvalue weighted by Crippen LogP contribution is 2.40. The first-order valence-corrected chi connectivity index (χ1v) is 10.8. The molecule has 1 unspecified atom stereocenters. The molecule has 1 fully saturated rings. The predicted octanol–water partition coefficient (Wildman–Crippen LogP) is 5.25. The molecular formula is C26H28FNO3. The number of allylic oxidation sites excluding steroid dienone is 3. The van der Waals surface area contributed by atoms with Gasteiger partial charge in [0.1, 0.15) is 5.60 Å². The number of hydrogen-bond donors (Lipinski definition) is 1. The molecule has 0 bridgehead atoms. The average Bonchev–Trinajstić information content (AvgIpc) is 2.81. The maximum atomic E-state index is 15.9. The summed E-state index contributed by atoms with van der Waals surface area (Å²) >= 11 is 0. The van der Waals surface area contributed by atoms with Gasteiger partial charge in [-0.2, -0.15) is 0 Å². The van der Waals surface area contributed by atoms with Crippen LogP contribution in [0.3, 0.4) is 0 Å². The van der Waals surface area contributed by atoms with E-state index in [1.807, 2.05) is 66.7 Å². The predicted molar refractivity (Wildman–Crippen MR) is 119 cm³/mol. The van der Waals surface area contributed by atoms with Crippen molar-refractivity contribution in [3.8, 4) is 0 Å². The van der Waals surface area contributed by atoms with Gasteiger partial charge in [0.25, 0.3) is 0 Å². The Balaban J connectivity index is 1.49. The third-order valence-electron chi connectivity index (χ3n) is 6.53. The molecule has 162 valence electrons. The number of nitrogens with zero attached hydrogens (tertiary/aromatic N) is 1. The van der Waals surface area contributed by atoms with Gasteiger partial charge in [-0.3, -0.25) is 0 Å². The van der Waals surface area contributed by atoms with Crippen molar-refractivity contribution in [2.24, 2.45) is 0 Å². The van der Waals surface area contributed by atoms with Gasteiger partial charge in [0.15, 0.2) is 5.67 Å². The number of halogens is 1. The second kappa shape index (κ2) is 8.67. The molecule has 3 atom stereocenters. The van der Waals surface area contributed by atoms with Crippen molar-refractivity contribution in [1.82, 2.24) is 4.90 Å². The van der Waals surface area contributed by atoms with Crippen molar-refractivity contribution in [3.63, 3.8) is 0 Å². The Bertz CT molecular complexity index is 975. The van der Waals surface area contributed by atoms with E-state index in [4.69, 9.17) is 4.74 Å². The summed E-state index contributed by atoms with van der Waals surface area (Å²) in [5.74, 6) is 0. The van der Waals surface area contributed by atoms with Crippen LogP contribution in [0.15, 0.2) is 78.9 Å². The fourth-order valence-corrected chi connectivity index (χ4v) is 4.51. The van der Waals surface area contributed by atoms with Gasteiger partial charge in [-0.05, 0) is 29.7 Å². The molecule has 1 heterocycles. The first-order valence-electron chi connectivity index (χ1n) is 10.8. The molecule has 1 amide bonds. The molecule has 0 saturated carbocycles. The molecule has 0 spiro atoms. The lowest BCUT2D eigenvalue weighted by Crippen LogP contribution is -2.56. The van der Waals surface area contributed by atoms with E-state index in [-0.39, 0.29) is 13.0 Å². The topological polar surface area (TPSA) is 49.8 Å². The Morgan fingerprint density at radius 1 is 1.13 bits per heavy atom. The third-order valence-corrected chi connectivity index (χ3v) is 6.53. The quantitative estimate of drug-likeness (QED) is 0.693. The van der Waals surface area contributed by atoms with E-state index in [0.29, 0.717) is 19.4 Å². The second-order valence-electron chi connectivity index (χ2n) is 8.31. The number of hydrogen-bond acceptors (Lipinski definition) is 3. The smallest absolute Gasteiger partial charge is 0.411 e. The van der Waals surface area contributed by atoms with Crippen LogP contribution in [-0.4, -0.2) is 41.0 Å². The van der Waals surface area contributed by atoms with Crippen LogP contribution in [0.5, 0.6) is 0 Å². The van der Waals surface area contributed by atoms with E-state index in [0.717, 1.165) is 16.7 Å². The van der Waals surface area contributed by atoms with Gasteiger partial charge in [0.05, 0.1) is 6.04 Å². The van der Waals surface area contributed by atoms with E-state index < -0.39 is 23.4 Å². The van der Waals surface area contributed by atoms with Crippen LogP contribution in [-0.2, 0) is 10.3 Å². The van der Waals surface area contributed by atoms with Crippen molar-refractivity contribution >= 4 is 11.7 Å². The molecule has 2 aromatic carbocycles. The number of rotatable bonds is 6. The third kappa shape index (κ3) is 4.15. The first-order chi connectivity index (χ1) is 15.0. The van der Waals surface area contributed by atoms with E-state index >= 15 is 4.39 Å². The largest absolute Gasteiger partial charge is 0.438 e. The summed E-state index contributed by atoms with van der Waals surface area (Å²) in [5.41, 5.74) is 0.333. The summed E-state index contributed by atoms with van der Waals surface area (Å²) in [6.07, 6.45) is 5.72. The molecule has 4 nitrogen and oxygen atoms in total. The van der Waals surface area contributed by atoms with E-state index in [1.54, 1.807) is 19.1 Å². The van der Waals surface area contributed by atoms with Crippen LogP contribution in [0, 0.1) is 0 Å². The zero-order valence-electron chi connectivity index (χ0n) is 17.7. The molecule has 5 heteroatoms. The minimum absolute atomic E-state index is 0.0967. The lowest BCUT2D eigenvalue weighted by Gasteiger charge is -2.46. The number of alkyl halides is 1. The minimum Gasteiger partial charge on any atom is -0.438 e. The van der Waals surface area contributed by atoms with Crippen molar-refractivity contribution < 1.29 is 19.0 Å². The zero-order chi connectivity index (χ0) is 21.9. The summed E-state index contributed by atoms with van der Waals surface area (Å²) in [4.78, 5) is 14.5. The Kier molecular flexibility index (Phi) is 5.96. The monoisotopic (exact) mass is 421 g/mol. The Labute approximate surface area is 182 Å². The molecule has 2 aliphatic rings. The van der Waals surface area contributed by atoms with E-state index in [2.05, 4.69) is 0 Å². The van der Waals surface area contributed by atoms with Crippen LogP contribution in [0.4, 0.5) is 9.18 Å². The van der Waals surface area contributed by atoms with Gasteiger partial charge in [0, 0.05) is 32.4 Å². The molecule has 2 aromatic rings. The van der Waals surface area contributed by atoms with Crippen LogP contribution >= 0.6 is 0 Å². The molecule has 1 aliphatic carbocycles. The van der Waals surface area contributed by atoms with Crippen molar-refractivity contribution in [2.45, 2.75) is 43.5 Å². The number of aliphatic hydroxyl groups is 1. The Morgan fingerprint density at radius 3 is 2.39 bits per heavy atom. The van der Waals surface area contributed by atoms with Crippen molar-refractivity contribution in [1.29, 1.82) is 0 Å². The van der Waals surface area contributed by atoms with Gasteiger partial charge < -0.3 is 14.7 Å². The fourth-order valence-electron chi connectivity index (χ4n) is 4.51. The van der Waals surface area contributed by atoms with Gasteiger partial charge in [-0.15, -0.1) is 0 Å². The van der Waals surface area contributed by atoms with Crippen LogP contribution in [0.1, 0.15) is 37.3 Å². The lowest BCUT2D eigenvalue weighted by atomic mass is 9.83. The molecule has 0 radical (unpaired) electrons. The normalized spacial score (nSPS) is 26.9. The van der Waals surface area contributed by atoms with Gasteiger partial charge in [0.2, 0.25) is 0 Å². The Morgan fingerprint density at radius 2 is 1.81 bits per heavy atom. The summed E-state index contributed by atoms with van der Waals surface area (Å²) < 4.78 is 21.7. The lowest BCUT2D eigenvalue weighted by molar-refractivity contribution is -0.0818. The summed E-state index contributed by atoms with van der Waals surface area (Å²) in [6.45, 7) is 2.00. The van der Waals surface area contributed by atoms with Gasteiger partial charge in [-0.25, -0.2) is 9.18 Å². The van der Waals surface area contributed by atoms with Gasteiger partial charge >= 0.3 is 6.09 Å². The molecular weight excluding hydrogens is 393 g/mol. The molecule has 4 rings (SSSR count). The maximum absolute atomic E-state index is 15.9. The highest BCUT2D eigenvalue weighted by atomic mass is 19.1. The second-order valence-corrected chi connectivity index (χ2v) is 8.31. The average molecular weight is 422 g/mol. The highest BCUT2D eigenvalue weighted by Gasteiger charge is 2.47. The number of cyclic esters (lactones) is 1. The number of carbonyl (C=O) groups is 1. The molecule has 0 aromatic heterocycles. The highest BCUT2D eigenvalue weighted by molar-refractivity contribution is 5.76. The zero-order valence-corrected chi connectivity index (χ0v) is 17.7. The Hall–Kier alpha value is -2.92. The van der Waals surface area contributed by atoms with Crippen molar-refractivity contribution in [2.75, 3.05) is 13.2 Å². The van der Waals surface area contributed by atoms with Crippen LogP contribution in [0.25, 0.3) is 5.57 Å². The van der Waals surface area contributed by atoms with Crippen LogP contribution in [0.2, 0.25) is 0 Å². The standard InChI is InChI=1S/C26H28FNO3/c1-20(25(27)14-12-22(13-15-25)21-8-4-2-5-9-21)28-18-16-26(17-19-29,31-24(28)30)23-10-6-3-7-11-23/h2-14,20,29H,15-19H2,1H3/t20-,25?,26-/m0/s1. The molecule has 31 heavy (non-hydrogen) atoms. The van der Waals surface area contributed by atoms with E-state index in [9.17, 15) is 9.90 Å². The molecule has 1 saturated heterocycles. The molecule has 1 aliphatic heterocycles. The summed E-state index contributed by atoms with van der Waals surface area (Å²) in [6, 6.07) is 18.7. The number of carbonyl (C=O) groups excluding carboxylic acids is 1. The van der Waals surface area contributed by atoms with Gasteiger partial charge in [-0.1, -0.05) is 72.8 Å². The van der Waals surface area contributed by atoms with Crippen LogP contribution < -0.4 is 0 Å². The minimum atomic E-state index is -1.67. The number of amides is 1. The molecule has 1 N–H and O–H groups in total. The number of aliphatic hydroxyl groups excluding tert-OH is 1. The fraction of sp³-hybridized carbons (Fsp3) is 0.346. The van der Waals surface area contributed by atoms with E-state index in [1.165, 1.54) is 4.90 Å². The van der Waals surface area contributed by atoms with Crippen molar-refractivity contribution in [3.05, 3.63) is 90.0 Å². The number of ether oxygens (including phenoxy) is 1.